The van der Waals surface area contributed by atoms with E-state index in [1.807, 2.05) is 42.5 Å². The molecule has 0 unspecified atom stereocenters. The maximum atomic E-state index is 5.94. The first-order valence-corrected chi connectivity index (χ1v) is 8.83. The minimum absolute atomic E-state index is 0.138. The molecule has 2 heterocycles. The number of rotatable bonds is 5. The van der Waals surface area contributed by atoms with E-state index in [-0.39, 0.29) is 5.54 Å². The van der Waals surface area contributed by atoms with E-state index in [2.05, 4.69) is 46.4 Å². The average Bonchev–Trinajstić information content (AvgIpc) is 2.60. The fraction of sp³-hybridized carbons (Fsp3) is 0.250. The maximum Gasteiger partial charge on any atom is 0.225 e. The first-order valence-electron chi connectivity index (χ1n) is 8.45. The van der Waals surface area contributed by atoms with Crippen molar-refractivity contribution in [2.45, 2.75) is 32.9 Å². The molecule has 0 aliphatic rings. The van der Waals surface area contributed by atoms with Gasteiger partial charge in [-0.2, -0.15) is 4.98 Å². The van der Waals surface area contributed by atoms with E-state index in [0.717, 1.165) is 27.7 Å². The third-order valence-corrected chi connectivity index (χ3v) is 3.81. The Morgan fingerprint density at radius 1 is 1.04 bits per heavy atom. The van der Waals surface area contributed by atoms with Crippen molar-refractivity contribution in [3.8, 4) is 11.3 Å². The molecular weight excluding hydrogens is 346 g/mol. The number of halogens is 1. The zero-order valence-electron chi connectivity index (χ0n) is 15.1. The van der Waals surface area contributed by atoms with Crippen LogP contribution in [0.25, 0.3) is 11.3 Å². The number of hydrogen-bond donors (Lipinski definition) is 2. The summed E-state index contributed by atoms with van der Waals surface area (Å²) in [7, 11) is 0. The summed E-state index contributed by atoms with van der Waals surface area (Å²) in [6, 6.07) is 13.6. The number of anilines is 2. The molecule has 26 heavy (non-hydrogen) atoms. The van der Waals surface area contributed by atoms with Crippen LogP contribution in [0.2, 0.25) is 5.02 Å². The molecule has 134 valence electrons. The van der Waals surface area contributed by atoms with Crippen molar-refractivity contribution in [2.75, 3.05) is 10.6 Å². The van der Waals surface area contributed by atoms with Gasteiger partial charge in [0.25, 0.3) is 0 Å². The van der Waals surface area contributed by atoms with Gasteiger partial charge in [-0.05, 0) is 50.6 Å². The fourth-order valence-corrected chi connectivity index (χ4v) is 2.51. The van der Waals surface area contributed by atoms with Gasteiger partial charge >= 0.3 is 0 Å². The SMILES string of the molecule is CC(C)(C)Nc1nc(NCc2ccc(Cl)cc2)cc(-c2cccnc2)n1. The predicted octanol–water partition coefficient (Wildman–Crippen LogP) is 5.01. The van der Waals surface area contributed by atoms with Gasteiger partial charge in [-0.25, -0.2) is 4.98 Å². The van der Waals surface area contributed by atoms with Crippen LogP contribution in [-0.4, -0.2) is 20.5 Å². The van der Waals surface area contributed by atoms with Crippen molar-refractivity contribution < 1.29 is 0 Å². The van der Waals surface area contributed by atoms with Crippen molar-refractivity contribution in [1.29, 1.82) is 0 Å². The third-order valence-electron chi connectivity index (χ3n) is 3.56. The van der Waals surface area contributed by atoms with Crippen LogP contribution in [0.1, 0.15) is 26.3 Å². The standard InChI is InChI=1S/C20H22ClN5/c1-20(2,3)26-19-24-17(15-5-4-10-22-13-15)11-18(25-19)23-12-14-6-8-16(21)9-7-14/h4-11,13H,12H2,1-3H3,(H2,23,24,25,26). The molecule has 0 fully saturated rings. The second-order valence-corrected chi connectivity index (χ2v) is 7.50. The molecule has 0 aliphatic heterocycles. The van der Waals surface area contributed by atoms with Crippen LogP contribution in [0.5, 0.6) is 0 Å². The summed E-state index contributed by atoms with van der Waals surface area (Å²) in [5, 5.41) is 7.43. The Bertz CT molecular complexity index is 858. The summed E-state index contributed by atoms with van der Waals surface area (Å²) in [5.74, 6) is 1.33. The van der Waals surface area contributed by atoms with Gasteiger partial charge in [0, 0.05) is 41.1 Å². The molecule has 0 bridgehead atoms. The lowest BCUT2D eigenvalue weighted by Gasteiger charge is -2.21. The van der Waals surface area contributed by atoms with Gasteiger partial charge in [-0.1, -0.05) is 23.7 Å². The Kier molecular flexibility index (Phi) is 5.38. The Hall–Kier alpha value is -2.66. The molecule has 6 heteroatoms. The van der Waals surface area contributed by atoms with Crippen LogP contribution < -0.4 is 10.6 Å². The molecule has 0 saturated heterocycles. The lowest BCUT2D eigenvalue weighted by atomic mass is 10.1. The van der Waals surface area contributed by atoms with Crippen LogP contribution in [0, 0.1) is 0 Å². The minimum Gasteiger partial charge on any atom is -0.366 e. The van der Waals surface area contributed by atoms with Gasteiger partial charge < -0.3 is 10.6 Å². The van der Waals surface area contributed by atoms with E-state index < -0.39 is 0 Å². The van der Waals surface area contributed by atoms with Gasteiger partial charge in [-0.3, -0.25) is 4.98 Å². The van der Waals surface area contributed by atoms with Crippen LogP contribution in [-0.2, 0) is 6.54 Å². The van der Waals surface area contributed by atoms with E-state index in [9.17, 15) is 0 Å². The molecule has 0 spiro atoms. The van der Waals surface area contributed by atoms with E-state index in [4.69, 9.17) is 11.6 Å². The predicted molar refractivity (Wildman–Crippen MR) is 107 cm³/mol. The Morgan fingerprint density at radius 2 is 1.81 bits per heavy atom. The highest BCUT2D eigenvalue weighted by Gasteiger charge is 2.14. The highest BCUT2D eigenvalue weighted by molar-refractivity contribution is 6.30. The van der Waals surface area contributed by atoms with Crippen molar-refractivity contribution in [2.24, 2.45) is 0 Å². The van der Waals surface area contributed by atoms with Crippen LogP contribution >= 0.6 is 11.6 Å². The van der Waals surface area contributed by atoms with E-state index in [1.165, 1.54) is 0 Å². The topological polar surface area (TPSA) is 62.7 Å². The minimum atomic E-state index is -0.138. The van der Waals surface area contributed by atoms with Crippen molar-refractivity contribution in [1.82, 2.24) is 15.0 Å². The quantitative estimate of drug-likeness (QED) is 0.663. The second kappa shape index (κ2) is 7.70. The summed E-state index contributed by atoms with van der Waals surface area (Å²) >= 11 is 5.94. The zero-order chi connectivity index (χ0) is 18.6. The van der Waals surface area contributed by atoms with Crippen LogP contribution in [0.3, 0.4) is 0 Å². The molecule has 5 nitrogen and oxygen atoms in total. The van der Waals surface area contributed by atoms with Crippen molar-refractivity contribution >= 4 is 23.4 Å². The molecule has 1 aromatic carbocycles. The smallest absolute Gasteiger partial charge is 0.225 e. The molecule has 2 aromatic heterocycles. The first-order chi connectivity index (χ1) is 12.4. The summed E-state index contributed by atoms with van der Waals surface area (Å²) in [6.45, 7) is 6.88. The first kappa shape index (κ1) is 18.1. The number of hydrogen-bond acceptors (Lipinski definition) is 5. The molecule has 2 N–H and O–H groups in total. The highest BCUT2D eigenvalue weighted by Crippen LogP contribution is 2.22. The monoisotopic (exact) mass is 367 g/mol. The summed E-state index contributed by atoms with van der Waals surface area (Å²) in [4.78, 5) is 13.4. The van der Waals surface area contributed by atoms with Crippen molar-refractivity contribution in [3.05, 3.63) is 65.4 Å². The molecule has 0 amide bonds. The Balaban J connectivity index is 1.87. The van der Waals surface area contributed by atoms with Gasteiger partial charge in [0.15, 0.2) is 0 Å². The lowest BCUT2D eigenvalue weighted by Crippen LogP contribution is -2.27. The molecule has 0 atom stereocenters. The molecule has 0 radical (unpaired) electrons. The third kappa shape index (κ3) is 5.17. The molecular formula is C20H22ClN5. The summed E-state index contributed by atoms with van der Waals surface area (Å²) < 4.78 is 0. The Labute approximate surface area is 158 Å². The number of pyridine rings is 1. The van der Waals surface area contributed by atoms with E-state index in [0.29, 0.717) is 12.5 Å². The highest BCUT2D eigenvalue weighted by atomic mass is 35.5. The average molecular weight is 368 g/mol. The number of nitrogens with one attached hydrogen (secondary N) is 2. The van der Waals surface area contributed by atoms with Gasteiger partial charge in [0.05, 0.1) is 5.69 Å². The normalized spacial score (nSPS) is 11.2. The lowest BCUT2D eigenvalue weighted by molar-refractivity contribution is 0.626. The number of nitrogens with zero attached hydrogens (tertiary/aromatic N) is 3. The molecule has 3 rings (SSSR count). The molecule has 0 aliphatic carbocycles. The fourth-order valence-electron chi connectivity index (χ4n) is 2.39. The van der Waals surface area contributed by atoms with E-state index in [1.54, 1.807) is 12.4 Å². The van der Waals surface area contributed by atoms with Gasteiger partial charge in [0.2, 0.25) is 5.95 Å². The zero-order valence-corrected chi connectivity index (χ0v) is 15.9. The molecule has 0 saturated carbocycles. The summed E-state index contributed by atoms with van der Waals surface area (Å²) in [5.41, 5.74) is 2.75. The number of aromatic nitrogens is 3. The summed E-state index contributed by atoms with van der Waals surface area (Å²) in [6.07, 6.45) is 3.55. The van der Waals surface area contributed by atoms with Gasteiger partial charge in [-0.15, -0.1) is 0 Å². The maximum absolute atomic E-state index is 5.94. The van der Waals surface area contributed by atoms with Crippen LogP contribution in [0.15, 0.2) is 54.9 Å². The Morgan fingerprint density at radius 3 is 2.46 bits per heavy atom. The molecule has 3 aromatic rings. The van der Waals surface area contributed by atoms with Crippen molar-refractivity contribution in [3.63, 3.8) is 0 Å². The van der Waals surface area contributed by atoms with Gasteiger partial charge in [0.1, 0.15) is 5.82 Å². The largest absolute Gasteiger partial charge is 0.366 e. The van der Waals surface area contributed by atoms with E-state index >= 15 is 0 Å². The second-order valence-electron chi connectivity index (χ2n) is 7.06. The van der Waals surface area contributed by atoms with Crippen LogP contribution in [0.4, 0.5) is 11.8 Å². The number of benzene rings is 1.